The molecule has 7 heteroatoms. The summed E-state index contributed by atoms with van der Waals surface area (Å²) in [6, 6.07) is 8.93. The molecule has 0 fully saturated rings. The summed E-state index contributed by atoms with van der Waals surface area (Å²) >= 11 is 5.78. The minimum atomic E-state index is -0.198. The molecule has 0 amide bonds. The normalized spacial score (nSPS) is 11.0. The summed E-state index contributed by atoms with van der Waals surface area (Å²) in [4.78, 5) is 8.55. The number of aryl methyl sites for hydroxylation is 1. The van der Waals surface area contributed by atoms with E-state index in [1.807, 2.05) is 19.1 Å². The van der Waals surface area contributed by atoms with Crippen LogP contribution in [0.2, 0.25) is 5.15 Å². The molecule has 2 rings (SSSR count). The van der Waals surface area contributed by atoms with Crippen molar-refractivity contribution in [1.29, 1.82) is 0 Å². The van der Waals surface area contributed by atoms with Gasteiger partial charge in [-0.2, -0.15) is 0 Å². The number of nitrogens with zero attached hydrogens (tertiary/aromatic N) is 2. The second kappa shape index (κ2) is 11.3. The molecule has 25 heavy (non-hydrogen) atoms. The second-order valence-corrected chi connectivity index (χ2v) is 5.83. The van der Waals surface area contributed by atoms with Gasteiger partial charge >= 0.3 is 0 Å². The van der Waals surface area contributed by atoms with E-state index in [4.69, 9.17) is 11.6 Å². The summed E-state index contributed by atoms with van der Waals surface area (Å²) in [5.74, 6) is 0.510. The molecular formula is C18H23ClFIN4. The van der Waals surface area contributed by atoms with E-state index < -0.39 is 0 Å². The highest BCUT2D eigenvalue weighted by Gasteiger charge is 2.01. The van der Waals surface area contributed by atoms with Gasteiger partial charge in [0.15, 0.2) is 5.96 Å². The van der Waals surface area contributed by atoms with E-state index in [-0.39, 0.29) is 29.8 Å². The number of nitrogens with one attached hydrogen (secondary N) is 2. The zero-order valence-electron chi connectivity index (χ0n) is 14.4. The number of guanidine groups is 1. The van der Waals surface area contributed by atoms with Crippen LogP contribution >= 0.6 is 35.6 Å². The number of hydrogen-bond donors (Lipinski definition) is 2. The Morgan fingerprint density at radius 2 is 1.96 bits per heavy atom. The molecular weight excluding hydrogens is 454 g/mol. The van der Waals surface area contributed by atoms with Gasteiger partial charge in [-0.05, 0) is 49.1 Å². The van der Waals surface area contributed by atoms with Crippen molar-refractivity contribution in [3.63, 3.8) is 0 Å². The van der Waals surface area contributed by atoms with Crippen LogP contribution in [0, 0.1) is 12.7 Å². The molecule has 4 nitrogen and oxygen atoms in total. The fraction of sp³-hybridized carbons (Fsp3) is 0.333. The third-order valence-corrected chi connectivity index (χ3v) is 3.72. The standard InChI is InChI=1S/C18H22ClFN4.HI/c1-3-21-18(22-9-8-14-6-7-17(19)23-11-14)24-12-15-5-4-13(2)16(20)10-15;/h4-7,10-11H,3,8-9,12H2,1-2H3,(H2,21,22,24);1H. The molecule has 0 aliphatic rings. The highest BCUT2D eigenvalue weighted by molar-refractivity contribution is 14.0. The molecule has 0 spiro atoms. The van der Waals surface area contributed by atoms with Crippen LogP contribution in [-0.2, 0) is 13.0 Å². The molecule has 2 aromatic rings. The van der Waals surface area contributed by atoms with E-state index in [0.717, 1.165) is 30.6 Å². The Morgan fingerprint density at radius 1 is 1.20 bits per heavy atom. The fourth-order valence-electron chi connectivity index (χ4n) is 2.13. The highest BCUT2D eigenvalue weighted by atomic mass is 127. The van der Waals surface area contributed by atoms with E-state index in [1.165, 1.54) is 6.07 Å². The van der Waals surface area contributed by atoms with Gasteiger partial charge < -0.3 is 10.6 Å². The number of pyridine rings is 1. The first-order chi connectivity index (χ1) is 11.6. The Kier molecular flexibility index (Phi) is 9.74. The van der Waals surface area contributed by atoms with Crippen molar-refractivity contribution >= 4 is 41.5 Å². The van der Waals surface area contributed by atoms with E-state index in [2.05, 4.69) is 20.6 Å². The van der Waals surface area contributed by atoms with Gasteiger partial charge in [0.05, 0.1) is 6.54 Å². The van der Waals surface area contributed by atoms with Crippen LogP contribution in [0.15, 0.2) is 41.5 Å². The number of halogens is 3. The van der Waals surface area contributed by atoms with Crippen molar-refractivity contribution < 1.29 is 4.39 Å². The Labute approximate surface area is 170 Å². The quantitative estimate of drug-likeness (QED) is 0.286. The van der Waals surface area contributed by atoms with Crippen LogP contribution < -0.4 is 10.6 Å². The Balaban J connectivity index is 0.00000312. The molecule has 0 saturated carbocycles. The monoisotopic (exact) mass is 476 g/mol. The zero-order valence-corrected chi connectivity index (χ0v) is 17.4. The maximum absolute atomic E-state index is 13.6. The average molecular weight is 477 g/mol. The van der Waals surface area contributed by atoms with E-state index in [1.54, 1.807) is 25.3 Å². The van der Waals surface area contributed by atoms with Gasteiger partial charge in [-0.3, -0.25) is 0 Å². The topological polar surface area (TPSA) is 49.3 Å². The SMILES string of the molecule is CCNC(=NCc1ccc(C)c(F)c1)NCCc1ccc(Cl)nc1.I. The maximum Gasteiger partial charge on any atom is 0.191 e. The van der Waals surface area contributed by atoms with Gasteiger partial charge in [-0.25, -0.2) is 14.4 Å². The van der Waals surface area contributed by atoms with Crippen molar-refractivity contribution in [2.45, 2.75) is 26.8 Å². The Hall–Kier alpha value is -1.41. The first kappa shape index (κ1) is 21.6. The van der Waals surface area contributed by atoms with Gasteiger partial charge in [0.2, 0.25) is 0 Å². The van der Waals surface area contributed by atoms with Crippen molar-refractivity contribution in [2.24, 2.45) is 4.99 Å². The molecule has 0 saturated heterocycles. The number of hydrogen-bond acceptors (Lipinski definition) is 2. The van der Waals surface area contributed by atoms with Crippen LogP contribution in [-0.4, -0.2) is 24.0 Å². The van der Waals surface area contributed by atoms with Gasteiger partial charge in [-0.15, -0.1) is 24.0 Å². The maximum atomic E-state index is 13.6. The lowest BCUT2D eigenvalue weighted by molar-refractivity contribution is 0.616. The lowest BCUT2D eigenvalue weighted by Gasteiger charge is -2.11. The van der Waals surface area contributed by atoms with Crippen LogP contribution in [0.5, 0.6) is 0 Å². The number of aromatic nitrogens is 1. The molecule has 1 heterocycles. The van der Waals surface area contributed by atoms with Crippen LogP contribution in [0.3, 0.4) is 0 Å². The van der Waals surface area contributed by atoms with Crippen molar-refractivity contribution in [3.05, 3.63) is 64.2 Å². The summed E-state index contributed by atoms with van der Waals surface area (Å²) in [5, 5.41) is 6.94. The summed E-state index contributed by atoms with van der Waals surface area (Å²) in [5.41, 5.74) is 2.59. The number of rotatable bonds is 6. The summed E-state index contributed by atoms with van der Waals surface area (Å²) in [6.07, 6.45) is 2.58. The Bertz CT molecular complexity index is 692. The molecule has 136 valence electrons. The molecule has 0 aliphatic heterocycles. The minimum Gasteiger partial charge on any atom is -0.357 e. The van der Waals surface area contributed by atoms with Crippen molar-refractivity contribution in [1.82, 2.24) is 15.6 Å². The molecule has 0 radical (unpaired) electrons. The second-order valence-electron chi connectivity index (χ2n) is 5.44. The van der Waals surface area contributed by atoms with Crippen LogP contribution in [0.4, 0.5) is 4.39 Å². The van der Waals surface area contributed by atoms with Crippen molar-refractivity contribution in [2.75, 3.05) is 13.1 Å². The molecule has 1 aromatic heterocycles. The van der Waals surface area contributed by atoms with E-state index >= 15 is 0 Å². The molecule has 0 aliphatic carbocycles. The first-order valence-corrected chi connectivity index (χ1v) is 8.34. The third kappa shape index (κ3) is 7.56. The number of aliphatic imine (C=N–C) groups is 1. The highest BCUT2D eigenvalue weighted by Crippen LogP contribution is 2.10. The summed E-state index contributed by atoms with van der Waals surface area (Å²) in [6.45, 7) is 5.66. The molecule has 0 unspecified atom stereocenters. The van der Waals surface area contributed by atoms with E-state index in [9.17, 15) is 4.39 Å². The predicted octanol–water partition coefficient (Wildman–Crippen LogP) is 4.10. The van der Waals surface area contributed by atoms with Crippen molar-refractivity contribution in [3.8, 4) is 0 Å². The van der Waals surface area contributed by atoms with Crippen LogP contribution in [0.25, 0.3) is 0 Å². The smallest absolute Gasteiger partial charge is 0.191 e. The predicted molar refractivity (Wildman–Crippen MR) is 112 cm³/mol. The lowest BCUT2D eigenvalue weighted by Crippen LogP contribution is -2.38. The van der Waals surface area contributed by atoms with Gasteiger partial charge in [0.1, 0.15) is 11.0 Å². The minimum absolute atomic E-state index is 0. The molecule has 0 bridgehead atoms. The summed E-state index contributed by atoms with van der Waals surface area (Å²) < 4.78 is 13.6. The van der Waals surface area contributed by atoms with Gasteiger partial charge in [0.25, 0.3) is 0 Å². The molecule has 0 atom stereocenters. The van der Waals surface area contributed by atoms with Gasteiger partial charge in [0, 0.05) is 19.3 Å². The average Bonchev–Trinajstić information content (AvgIpc) is 2.57. The first-order valence-electron chi connectivity index (χ1n) is 7.96. The Morgan fingerprint density at radius 3 is 2.60 bits per heavy atom. The van der Waals surface area contributed by atoms with E-state index in [0.29, 0.717) is 23.2 Å². The summed E-state index contributed by atoms with van der Waals surface area (Å²) in [7, 11) is 0. The van der Waals surface area contributed by atoms with Crippen LogP contribution in [0.1, 0.15) is 23.6 Å². The third-order valence-electron chi connectivity index (χ3n) is 3.49. The largest absolute Gasteiger partial charge is 0.357 e. The zero-order chi connectivity index (χ0) is 17.4. The number of benzene rings is 1. The fourth-order valence-corrected chi connectivity index (χ4v) is 2.24. The lowest BCUT2D eigenvalue weighted by atomic mass is 10.1. The molecule has 2 N–H and O–H groups in total. The van der Waals surface area contributed by atoms with Gasteiger partial charge in [-0.1, -0.05) is 29.8 Å². The molecule has 1 aromatic carbocycles.